The topological polar surface area (TPSA) is 89.3 Å². The molecule has 20 heavy (non-hydrogen) atoms. The van der Waals surface area contributed by atoms with E-state index in [-0.39, 0.29) is 30.6 Å². The van der Waals surface area contributed by atoms with E-state index in [4.69, 9.17) is 5.73 Å². The second-order valence-corrected chi connectivity index (χ2v) is 5.86. The van der Waals surface area contributed by atoms with Crippen molar-refractivity contribution in [3.63, 3.8) is 0 Å². The van der Waals surface area contributed by atoms with Crippen LogP contribution in [0, 0.1) is 0 Å². The largest absolute Gasteiger partial charge is 0.348 e. The first-order valence-corrected chi connectivity index (χ1v) is 6.96. The second-order valence-electron chi connectivity index (χ2n) is 3.94. The molecule has 0 saturated carbocycles. The number of halogens is 3. The summed E-state index contributed by atoms with van der Waals surface area (Å²) in [7, 11) is -4.63. The van der Waals surface area contributed by atoms with Crippen molar-refractivity contribution in [2.24, 2.45) is 5.73 Å². The molecule has 0 saturated heterocycles. The van der Waals surface area contributed by atoms with Crippen LogP contribution in [-0.2, 0) is 9.84 Å². The summed E-state index contributed by atoms with van der Waals surface area (Å²) in [6, 6.07) is 4.06. The highest BCUT2D eigenvalue weighted by atomic mass is 35.5. The van der Waals surface area contributed by atoms with Crippen LogP contribution in [0.4, 0.5) is 8.78 Å². The van der Waals surface area contributed by atoms with Gasteiger partial charge in [0.15, 0.2) is 0 Å². The van der Waals surface area contributed by atoms with E-state index in [0.29, 0.717) is 0 Å². The molecule has 0 fully saturated rings. The molecule has 9 heteroatoms. The van der Waals surface area contributed by atoms with E-state index in [9.17, 15) is 22.0 Å². The molecule has 0 aliphatic carbocycles. The first kappa shape index (κ1) is 18.8. The molecule has 1 rings (SSSR count). The van der Waals surface area contributed by atoms with Crippen molar-refractivity contribution < 1.29 is 22.0 Å². The quantitative estimate of drug-likeness (QED) is 0.849. The molecular formula is C11H15ClF2N2O3S. The normalized spacial score (nSPS) is 12.7. The number of amides is 1. The number of nitrogens with two attached hydrogens (primary N) is 1. The van der Waals surface area contributed by atoms with Crippen LogP contribution >= 0.6 is 12.4 Å². The minimum absolute atomic E-state index is 0. The van der Waals surface area contributed by atoms with E-state index in [0.717, 1.165) is 12.1 Å². The molecule has 0 aliphatic heterocycles. The van der Waals surface area contributed by atoms with Gasteiger partial charge in [-0.3, -0.25) is 4.79 Å². The zero-order valence-electron chi connectivity index (χ0n) is 10.5. The zero-order chi connectivity index (χ0) is 14.6. The van der Waals surface area contributed by atoms with Gasteiger partial charge in [-0.15, -0.1) is 12.4 Å². The molecule has 3 N–H and O–H groups in total. The van der Waals surface area contributed by atoms with E-state index in [1.807, 2.05) is 0 Å². The number of sulfone groups is 1. The van der Waals surface area contributed by atoms with Gasteiger partial charge >= 0.3 is 5.76 Å². The molecule has 0 spiro atoms. The van der Waals surface area contributed by atoms with Crippen LogP contribution in [0.1, 0.15) is 17.3 Å². The van der Waals surface area contributed by atoms with Gasteiger partial charge in [0.05, 0.1) is 4.90 Å². The lowest BCUT2D eigenvalue weighted by atomic mass is 10.2. The predicted molar refractivity (Wildman–Crippen MR) is 72.9 cm³/mol. The van der Waals surface area contributed by atoms with Crippen LogP contribution in [0.25, 0.3) is 0 Å². The smallest absolute Gasteiger partial charge is 0.341 e. The van der Waals surface area contributed by atoms with Crippen molar-refractivity contribution >= 4 is 28.2 Å². The fraction of sp³-hybridized carbons (Fsp3) is 0.364. The lowest BCUT2D eigenvalue weighted by Crippen LogP contribution is -2.37. The summed E-state index contributed by atoms with van der Waals surface area (Å²) in [6.45, 7) is 1.96. The maximum atomic E-state index is 12.3. The molecular weight excluding hydrogens is 314 g/mol. The standard InChI is InChI=1S/C11H14F2N2O3S.ClH/c1-7(6-14)15-10(16)8-2-4-9(5-3-8)19(17,18)11(12)13;/h2-5,7,11H,6,14H2,1H3,(H,15,16);1H/t7-;/m0./s1. The van der Waals surface area contributed by atoms with Crippen LogP contribution in [-0.4, -0.2) is 32.7 Å². The zero-order valence-corrected chi connectivity index (χ0v) is 12.2. The molecule has 0 heterocycles. The number of nitrogens with one attached hydrogen (secondary N) is 1. The Kier molecular flexibility index (Phi) is 7.04. The highest BCUT2D eigenvalue weighted by molar-refractivity contribution is 7.91. The Labute approximate surface area is 121 Å². The summed E-state index contributed by atoms with van der Waals surface area (Å²) in [6.07, 6.45) is 0. The Morgan fingerprint density at radius 3 is 2.20 bits per heavy atom. The van der Waals surface area contributed by atoms with E-state index in [1.54, 1.807) is 6.92 Å². The molecule has 5 nitrogen and oxygen atoms in total. The fourth-order valence-electron chi connectivity index (χ4n) is 1.26. The fourth-order valence-corrected chi connectivity index (χ4v) is 1.99. The summed E-state index contributed by atoms with van der Waals surface area (Å²) in [5, 5.41) is 2.57. The number of carbonyl (C=O) groups excluding carboxylic acids is 1. The van der Waals surface area contributed by atoms with Crippen molar-refractivity contribution in [1.29, 1.82) is 0 Å². The maximum Gasteiger partial charge on any atom is 0.341 e. The monoisotopic (exact) mass is 328 g/mol. The van der Waals surface area contributed by atoms with Gasteiger partial charge < -0.3 is 11.1 Å². The van der Waals surface area contributed by atoms with Crippen molar-refractivity contribution in [3.8, 4) is 0 Å². The van der Waals surface area contributed by atoms with Gasteiger partial charge in [-0.1, -0.05) is 0 Å². The highest BCUT2D eigenvalue weighted by Gasteiger charge is 2.26. The number of alkyl halides is 2. The molecule has 1 aromatic rings. The van der Waals surface area contributed by atoms with E-state index in [2.05, 4.69) is 5.32 Å². The van der Waals surface area contributed by atoms with E-state index >= 15 is 0 Å². The van der Waals surface area contributed by atoms with E-state index in [1.165, 1.54) is 12.1 Å². The average molecular weight is 329 g/mol. The first-order chi connectivity index (χ1) is 8.78. The van der Waals surface area contributed by atoms with Crippen LogP contribution in [0.2, 0.25) is 0 Å². The van der Waals surface area contributed by atoms with Crippen LogP contribution in [0.3, 0.4) is 0 Å². The highest BCUT2D eigenvalue weighted by Crippen LogP contribution is 2.18. The Bertz CT molecular complexity index is 549. The molecule has 114 valence electrons. The first-order valence-electron chi connectivity index (χ1n) is 5.42. The van der Waals surface area contributed by atoms with Crippen molar-refractivity contribution in [1.82, 2.24) is 5.32 Å². The summed E-state index contributed by atoms with van der Waals surface area (Å²) in [4.78, 5) is 11.1. The summed E-state index contributed by atoms with van der Waals surface area (Å²) in [5.41, 5.74) is 5.51. The molecule has 0 bridgehead atoms. The molecule has 0 unspecified atom stereocenters. The molecule has 1 aromatic carbocycles. The van der Waals surface area contributed by atoms with Gasteiger partial charge in [0.2, 0.25) is 9.84 Å². The van der Waals surface area contributed by atoms with Crippen molar-refractivity contribution in [2.75, 3.05) is 6.54 Å². The predicted octanol–water partition coefficient (Wildman–Crippen LogP) is 1.18. The summed E-state index contributed by atoms with van der Waals surface area (Å²) >= 11 is 0. The summed E-state index contributed by atoms with van der Waals surface area (Å²) < 4.78 is 46.9. The Balaban J connectivity index is 0.00000361. The van der Waals surface area contributed by atoms with Crippen molar-refractivity contribution in [2.45, 2.75) is 23.6 Å². The minimum atomic E-state index is -4.63. The molecule has 0 radical (unpaired) electrons. The summed E-state index contributed by atoms with van der Waals surface area (Å²) in [5.74, 6) is -3.93. The SMILES string of the molecule is C[C@@H](CN)NC(=O)c1ccc(S(=O)(=O)C(F)F)cc1.Cl. The van der Waals surface area contributed by atoms with E-state index < -0.39 is 26.4 Å². The van der Waals surface area contributed by atoms with Crippen molar-refractivity contribution in [3.05, 3.63) is 29.8 Å². The van der Waals surface area contributed by atoms with Gasteiger partial charge in [-0.25, -0.2) is 8.42 Å². The third-order valence-corrected chi connectivity index (χ3v) is 3.81. The third-order valence-electron chi connectivity index (χ3n) is 2.41. The second kappa shape index (κ2) is 7.51. The van der Waals surface area contributed by atoms with Gasteiger partial charge in [-0.2, -0.15) is 8.78 Å². The maximum absolute atomic E-state index is 12.3. The number of hydrogen-bond donors (Lipinski definition) is 2. The van der Waals surface area contributed by atoms with Crippen LogP contribution < -0.4 is 11.1 Å². The molecule has 0 aliphatic rings. The van der Waals surface area contributed by atoms with Gasteiger partial charge in [0.25, 0.3) is 5.91 Å². The lowest BCUT2D eigenvalue weighted by molar-refractivity contribution is 0.0941. The Morgan fingerprint density at radius 1 is 1.30 bits per heavy atom. The molecule has 0 aromatic heterocycles. The average Bonchev–Trinajstić information content (AvgIpc) is 2.38. The molecule has 1 atom stereocenters. The minimum Gasteiger partial charge on any atom is -0.348 e. The van der Waals surface area contributed by atoms with Crippen LogP contribution in [0.15, 0.2) is 29.2 Å². The van der Waals surface area contributed by atoms with Crippen LogP contribution in [0.5, 0.6) is 0 Å². The third kappa shape index (κ3) is 4.39. The lowest BCUT2D eigenvalue weighted by Gasteiger charge is -2.11. The number of benzene rings is 1. The molecule has 1 amide bonds. The van der Waals surface area contributed by atoms with Gasteiger partial charge in [-0.05, 0) is 31.2 Å². The number of carbonyl (C=O) groups is 1. The van der Waals surface area contributed by atoms with Gasteiger partial charge in [0, 0.05) is 18.2 Å². The van der Waals surface area contributed by atoms with Gasteiger partial charge in [0.1, 0.15) is 0 Å². The Hall–Kier alpha value is -1.25. The number of hydrogen-bond acceptors (Lipinski definition) is 4. The Morgan fingerprint density at radius 2 is 1.80 bits per heavy atom. The number of rotatable bonds is 5.